The third-order valence-electron chi connectivity index (χ3n) is 4.36. The van der Waals surface area contributed by atoms with Crippen molar-refractivity contribution in [2.45, 2.75) is 19.3 Å². The van der Waals surface area contributed by atoms with Gasteiger partial charge in [-0.15, -0.1) is 0 Å². The molecule has 2 amide bonds. The molecule has 0 heterocycles. The van der Waals surface area contributed by atoms with Crippen LogP contribution >= 0.6 is 11.6 Å². The van der Waals surface area contributed by atoms with Gasteiger partial charge in [0.25, 0.3) is 0 Å². The second-order valence-electron chi connectivity index (χ2n) is 6.14. The van der Waals surface area contributed by atoms with Crippen molar-refractivity contribution in [1.82, 2.24) is 5.32 Å². The molecule has 3 rings (SSSR count). The Hall–Kier alpha value is -2.40. The zero-order chi connectivity index (χ0) is 17.9. The van der Waals surface area contributed by atoms with Gasteiger partial charge in [0, 0.05) is 17.3 Å². The van der Waals surface area contributed by atoms with Crippen molar-refractivity contribution in [1.29, 1.82) is 0 Å². The Bertz CT molecular complexity index is 788. The Morgan fingerprint density at radius 1 is 1.04 bits per heavy atom. The van der Waals surface area contributed by atoms with E-state index in [0.717, 1.165) is 0 Å². The molecule has 1 saturated carbocycles. The molecule has 2 aromatic carbocycles. The van der Waals surface area contributed by atoms with Crippen LogP contribution in [-0.2, 0) is 16.0 Å². The Kier molecular flexibility index (Phi) is 5.04. The first kappa shape index (κ1) is 17.4. The molecule has 1 aliphatic carbocycles. The van der Waals surface area contributed by atoms with Gasteiger partial charge in [0.05, 0.1) is 0 Å². The number of benzene rings is 2. The highest BCUT2D eigenvalue weighted by Gasteiger charge is 2.56. The fourth-order valence-corrected chi connectivity index (χ4v) is 2.77. The molecule has 2 N–H and O–H groups in total. The van der Waals surface area contributed by atoms with Crippen molar-refractivity contribution < 1.29 is 14.0 Å². The molecule has 0 aliphatic heterocycles. The number of carbonyl (C=O) groups excluding carboxylic acids is 2. The maximum absolute atomic E-state index is 13.6. The lowest BCUT2D eigenvalue weighted by atomic mass is 10.0. The number of hydrogen-bond donors (Lipinski definition) is 2. The van der Waals surface area contributed by atoms with E-state index in [1.54, 1.807) is 42.5 Å². The molecule has 1 aliphatic rings. The number of rotatable bonds is 6. The van der Waals surface area contributed by atoms with Crippen LogP contribution in [0.1, 0.15) is 18.4 Å². The summed E-state index contributed by atoms with van der Waals surface area (Å²) in [7, 11) is 0. The molecule has 0 bridgehead atoms. The Morgan fingerprint density at radius 2 is 1.72 bits per heavy atom. The number of anilines is 1. The van der Waals surface area contributed by atoms with Crippen molar-refractivity contribution in [3.8, 4) is 0 Å². The number of hydrogen-bond acceptors (Lipinski definition) is 2. The van der Waals surface area contributed by atoms with E-state index in [-0.39, 0.29) is 24.2 Å². The molecule has 0 spiro atoms. The highest BCUT2D eigenvalue weighted by atomic mass is 35.5. The summed E-state index contributed by atoms with van der Waals surface area (Å²) in [6.07, 6.45) is 1.41. The van der Waals surface area contributed by atoms with Crippen LogP contribution in [0.25, 0.3) is 0 Å². The fourth-order valence-electron chi connectivity index (χ4n) is 2.65. The standard InChI is InChI=1S/C19H18ClFN2O2/c20-14-5-7-15(8-6-14)23-18(25)19(10-11-19)17(24)22-12-9-13-3-1-2-4-16(13)21/h1-8H,9-12H2,(H,22,24)(H,23,25). The van der Waals surface area contributed by atoms with Crippen LogP contribution in [0.2, 0.25) is 5.02 Å². The predicted octanol–water partition coefficient (Wildman–Crippen LogP) is 3.56. The smallest absolute Gasteiger partial charge is 0.240 e. The number of halogens is 2. The van der Waals surface area contributed by atoms with Gasteiger partial charge in [0.1, 0.15) is 11.2 Å². The second kappa shape index (κ2) is 7.23. The highest BCUT2D eigenvalue weighted by molar-refractivity contribution is 6.30. The zero-order valence-corrected chi connectivity index (χ0v) is 14.3. The van der Waals surface area contributed by atoms with E-state index >= 15 is 0 Å². The maximum Gasteiger partial charge on any atom is 0.240 e. The molecule has 0 saturated heterocycles. The summed E-state index contributed by atoms with van der Waals surface area (Å²) in [6, 6.07) is 13.2. The van der Waals surface area contributed by atoms with E-state index in [2.05, 4.69) is 10.6 Å². The number of nitrogens with one attached hydrogen (secondary N) is 2. The maximum atomic E-state index is 13.6. The largest absolute Gasteiger partial charge is 0.355 e. The first-order valence-corrected chi connectivity index (χ1v) is 8.48. The molecule has 0 unspecified atom stereocenters. The average molecular weight is 361 g/mol. The lowest BCUT2D eigenvalue weighted by Gasteiger charge is -2.15. The molecule has 0 atom stereocenters. The Morgan fingerprint density at radius 3 is 2.36 bits per heavy atom. The quantitative estimate of drug-likeness (QED) is 0.774. The second-order valence-corrected chi connectivity index (χ2v) is 6.58. The van der Waals surface area contributed by atoms with E-state index in [0.29, 0.717) is 35.5 Å². The van der Waals surface area contributed by atoms with Crippen molar-refractivity contribution in [3.63, 3.8) is 0 Å². The van der Waals surface area contributed by atoms with Gasteiger partial charge in [-0.1, -0.05) is 29.8 Å². The van der Waals surface area contributed by atoms with Gasteiger partial charge >= 0.3 is 0 Å². The minimum Gasteiger partial charge on any atom is -0.355 e. The molecule has 25 heavy (non-hydrogen) atoms. The van der Waals surface area contributed by atoms with Crippen LogP contribution < -0.4 is 10.6 Å². The van der Waals surface area contributed by atoms with Gasteiger partial charge in [0.15, 0.2) is 0 Å². The van der Waals surface area contributed by atoms with Gasteiger partial charge in [-0.25, -0.2) is 4.39 Å². The van der Waals surface area contributed by atoms with Gasteiger partial charge in [0.2, 0.25) is 11.8 Å². The summed E-state index contributed by atoms with van der Waals surface area (Å²) in [5.74, 6) is -0.924. The van der Waals surface area contributed by atoms with Crippen molar-refractivity contribution in [2.24, 2.45) is 5.41 Å². The summed E-state index contributed by atoms with van der Waals surface area (Å²) in [5, 5.41) is 6.08. The normalized spacial score (nSPS) is 14.6. The SMILES string of the molecule is O=C(NCCc1ccccc1F)C1(C(=O)Nc2ccc(Cl)cc2)CC1. The van der Waals surface area contributed by atoms with E-state index in [1.807, 2.05) is 0 Å². The summed E-state index contributed by atoms with van der Waals surface area (Å²) >= 11 is 5.82. The van der Waals surface area contributed by atoms with E-state index in [1.165, 1.54) is 6.07 Å². The number of carbonyl (C=O) groups is 2. The zero-order valence-electron chi connectivity index (χ0n) is 13.5. The summed E-state index contributed by atoms with van der Waals surface area (Å²) in [4.78, 5) is 24.8. The molecule has 4 nitrogen and oxygen atoms in total. The Balaban J connectivity index is 1.55. The van der Waals surface area contributed by atoms with E-state index in [9.17, 15) is 14.0 Å². The van der Waals surface area contributed by atoms with Crippen LogP contribution in [0.4, 0.5) is 10.1 Å². The summed E-state index contributed by atoms with van der Waals surface area (Å²) < 4.78 is 13.6. The number of amides is 2. The molecule has 0 aromatic heterocycles. The summed E-state index contributed by atoms with van der Waals surface area (Å²) in [6.45, 7) is 0.287. The minimum atomic E-state index is -1.02. The van der Waals surface area contributed by atoms with Gasteiger partial charge < -0.3 is 10.6 Å². The van der Waals surface area contributed by atoms with Crippen LogP contribution in [0.3, 0.4) is 0 Å². The highest BCUT2D eigenvalue weighted by Crippen LogP contribution is 2.46. The summed E-state index contributed by atoms with van der Waals surface area (Å²) in [5.41, 5.74) is 0.118. The molecule has 6 heteroatoms. The van der Waals surface area contributed by atoms with Crippen molar-refractivity contribution >= 4 is 29.1 Å². The molecule has 1 fully saturated rings. The predicted molar refractivity (Wildman–Crippen MR) is 94.9 cm³/mol. The minimum absolute atomic E-state index is 0.287. The molecule has 130 valence electrons. The monoisotopic (exact) mass is 360 g/mol. The first-order valence-electron chi connectivity index (χ1n) is 8.10. The average Bonchev–Trinajstić information content (AvgIpc) is 3.40. The van der Waals surface area contributed by atoms with Crippen LogP contribution in [0.15, 0.2) is 48.5 Å². The molecular weight excluding hydrogens is 343 g/mol. The third-order valence-corrected chi connectivity index (χ3v) is 4.61. The van der Waals surface area contributed by atoms with Gasteiger partial charge in [-0.05, 0) is 55.2 Å². The van der Waals surface area contributed by atoms with Crippen LogP contribution in [0.5, 0.6) is 0 Å². The van der Waals surface area contributed by atoms with E-state index in [4.69, 9.17) is 11.6 Å². The first-order chi connectivity index (χ1) is 12.0. The topological polar surface area (TPSA) is 58.2 Å². The van der Waals surface area contributed by atoms with Crippen LogP contribution in [0, 0.1) is 11.2 Å². The molecule has 0 radical (unpaired) electrons. The van der Waals surface area contributed by atoms with Crippen molar-refractivity contribution in [2.75, 3.05) is 11.9 Å². The van der Waals surface area contributed by atoms with E-state index < -0.39 is 5.41 Å². The lowest BCUT2D eigenvalue weighted by Crippen LogP contribution is -2.40. The molecular formula is C19H18ClFN2O2. The molecule has 2 aromatic rings. The fraction of sp³-hybridized carbons (Fsp3) is 0.263. The third kappa shape index (κ3) is 3.99. The Labute approximate surface area is 150 Å². The van der Waals surface area contributed by atoms with Gasteiger partial charge in [-0.3, -0.25) is 9.59 Å². The van der Waals surface area contributed by atoms with Crippen LogP contribution in [-0.4, -0.2) is 18.4 Å². The van der Waals surface area contributed by atoms with Crippen molar-refractivity contribution in [3.05, 3.63) is 64.9 Å². The lowest BCUT2D eigenvalue weighted by molar-refractivity contribution is -0.134. The van der Waals surface area contributed by atoms with Gasteiger partial charge in [-0.2, -0.15) is 0 Å².